The summed E-state index contributed by atoms with van der Waals surface area (Å²) >= 11 is 12.1. The van der Waals surface area contributed by atoms with Gasteiger partial charge in [-0.05, 0) is 54.1 Å². The number of carbonyl (C=O) groups excluding carboxylic acids is 2. The third kappa shape index (κ3) is 7.17. The highest BCUT2D eigenvalue weighted by Crippen LogP contribution is 2.32. The molecule has 218 valence electrons. The van der Waals surface area contributed by atoms with E-state index in [9.17, 15) is 9.59 Å². The summed E-state index contributed by atoms with van der Waals surface area (Å²) in [5.74, 6) is 0.614. The molecule has 0 bridgehead atoms. The van der Waals surface area contributed by atoms with Crippen molar-refractivity contribution >= 4 is 41.0 Å². The summed E-state index contributed by atoms with van der Waals surface area (Å²) in [6.45, 7) is 0.0152. The molecule has 1 N–H and O–H groups in total. The van der Waals surface area contributed by atoms with Crippen LogP contribution in [0.3, 0.4) is 0 Å². The number of benzene rings is 4. The molecule has 0 aliphatic carbocycles. The van der Waals surface area contributed by atoms with E-state index in [1.807, 2.05) is 48.5 Å². The number of amides is 2. The van der Waals surface area contributed by atoms with Crippen LogP contribution in [0.15, 0.2) is 103 Å². The first-order valence-electron chi connectivity index (χ1n) is 13.3. The van der Waals surface area contributed by atoms with Gasteiger partial charge in [0.1, 0.15) is 6.54 Å². The van der Waals surface area contributed by atoms with Gasteiger partial charge >= 0.3 is 0 Å². The molecule has 4 aromatic carbocycles. The maximum Gasteiger partial charge on any atom is 0.254 e. The summed E-state index contributed by atoms with van der Waals surface area (Å²) in [4.78, 5) is 33.3. The van der Waals surface area contributed by atoms with Crippen molar-refractivity contribution in [3.8, 4) is 28.4 Å². The summed E-state index contributed by atoms with van der Waals surface area (Å²) in [6, 6.07) is 28.7. The Bertz CT molecular complexity index is 1720. The molecule has 8 nitrogen and oxygen atoms in total. The molecular weight excluding hydrogens is 587 g/mol. The Labute approximate surface area is 259 Å². The van der Waals surface area contributed by atoms with E-state index in [4.69, 9.17) is 37.7 Å². The van der Waals surface area contributed by atoms with Gasteiger partial charge in [-0.3, -0.25) is 19.5 Å². The molecule has 10 heteroatoms. The normalized spacial score (nSPS) is 10.7. The zero-order chi connectivity index (χ0) is 30.3. The molecule has 1 heterocycles. The smallest absolute Gasteiger partial charge is 0.254 e. The minimum atomic E-state index is -0.423. The first kappa shape index (κ1) is 29.7. The first-order chi connectivity index (χ1) is 20.8. The number of hydrogen-bond acceptors (Lipinski definition) is 5. The SMILES string of the molecule is COc1ccc(-n2cc(-c3ccc(Cl)cc3)nc2NC(=O)CN(Cc2ccccc2)C(=O)c2ccc(Cl)cc2)cc1OC. The van der Waals surface area contributed by atoms with Crippen LogP contribution in [-0.2, 0) is 11.3 Å². The Kier molecular flexibility index (Phi) is 9.29. The van der Waals surface area contributed by atoms with E-state index in [2.05, 4.69) is 5.32 Å². The van der Waals surface area contributed by atoms with Gasteiger partial charge in [0.25, 0.3) is 5.91 Å². The summed E-state index contributed by atoms with van der Waals surface area (Å²) in [5, 5.41) is 4.02. The second kappa shape index (κ2) is 13.5. The molecule has 0 spiro atoms. The van der Waals surface area contributed by atoms with Crippen molar-refractivity contribution in [3.63, 3.8) is 0 Å². The van der Waals surface area contributed by atoms with Crippen LogP contribution in [-0.4, -0.2) is 47.0 Å². The maximum atomic E-state index is 13.6. The van der Waals surface area contributed by atoms with Crippen LogP contribution >= 0.6 is 23.2 Å². The number of anilines is 1. The van der Waals surface area contributed by atoms with Crippen molar-refractivity contribution < 1.29 is 19.1 Å². The minimum Gasteiger partial charge on any atom is -0.493 e. The molecule has 0 atom stereocenters. The van der Waals surface area contributed by atoms with Gasteiger partial charge in [-0.2, -0.15) is 0 Å². The monoisotopic (exact) mass is 614 g/mol. The zero-order valence-corrected chi connectivity index (χ0v) is 25.0. The second-order valence-electron chi connectivity index (χ2n) is 9.57. The van der Waals surface area contributed by atoms with Crippen molar-refractivity contribution in [2.24, 2.45) is 0 Å². The molecule has 0 radical (unpaired) electrons. The Hall–Kier alpha value is -4.79. The van der Waals surface area contributed by atoms with Gasteiger partial charge < -0.3 is 14.4 Å². The van der Waals surface area contributed by atoms with E-state index in [0.29, 0.717) is 38.5 Å². The number of nitrogens with zero attached hydrogens (tertiary/aromatic N) is 3. The van der Waals surface area contributed by atoms with Gasteiger partial charge in [-0.1, -0.05) is 65.7 Å². The number of hydrogen-bond donors (Lipinski definition) is 1. The minimum absolute atomic E-state index is 0.217. The molecule has 0 saturated heterocycles. The summed E-state index contributed by atoms with van der Waals surface area (Å²) in [6.07, 6.45) is 1.81. The van der Waals surface area contributed by atoms with Gasteiger partial charge in [0, 0.05) is 40.0 Å². The Morgan fingerprint density at radius 1 is 0.837 bits per heavy atom. The summed E-state index contributed by atoms with van der Waals surface area (Å²) in [5.41, 5.74) is 3.40. The number of methoxy groups -OCH3 is 2. The molecule has 5 rings (SSSR count). The topological polar surface area (TPSA) is 85.7 Å². The summed E-state index contributed by atoms with van der Waals surface area (Å²) < 4.78 is 12.6. The Morgan fingerprint density at radius 2 is 1.49 bits per heavy atom. The Morgan fingerprint density at radius 3 is 2.14 bits per heavy atom. The quantitative estimate of drug-likeness (QED) is 0.181. The molecule has 5 aromatic rings. The number of halogens is 2. The molecule has 43 heavy (non-hydrogen) atoms. The molecule has 0 unspecified atom stereocenters. The maximum absolute atomic E-state index is 13.6. The number of rotatable bonds is 10. The average Bonchev–Trinajstić information content (AvgIpc) is 3.44. The average molecular weight is 616 g/mol. The van der Waals surface area contributed by atoms with E-state index in [-0.39, 0.29) is 24.9 Å². The van der Waals surface area contributed by atoms with E-state index >= 15 is 0 Å². The third-order valence-electron chi connectivity index (χ3n) is 6.67. The highest BCUT2D eigenvalue weighted by Gasteiger charge is 2.22. The van der Waals surface area contributed by atoms with Gasteiger partial charge in [0.2, 0.25) is 11.9 Å². The van der Waals surface area contributed by atoms with Crippen molar-refractivity contribution in [1.82, 2.24) is 14.5 Å². The Balaban J connectivity index is 1.47. The van der Waals surface area contributed by atoms with Crippen molar-refractivity contribution in [2.45, 2.75) is 6.54 Å². The van der Waals surface area contributed by atoms with Gasteiger partial charge in [-0.15, -0.1) is 0 Å². The molecule has 0 aliphatic rings. The number of ether oxygens (including phenoxy) is 2. The predicted octanol–water partition coefficient (Wildman–Crippen LogP) is 7.14. The fourth-order valence-corrected chi connectivity index (χ4v) is 4.77. The van der Waals surface area contributed by atoms with Crippen LogP contribution in [0.2, 0.25) is 10.0 Å². The van der Waals surface area contributed by atoms with E-state index in [1.165, 1.54) is 4.90 Å². The second-order valence-corrected chi connectivity index (χ2v) is 10.4. The largest absolute Gasteiger partial charge is 0.493 e. The molecule has 0 aliphatic heterocycles. The van der Waals surface area contributed by atoms with Crippen LogP contribution in [0, 0.1) is 0 Å². The third-order valence-corrected chi connectivity index (χ3v) is 7.18. The van der Waals surface area contributed by atoms with Crippen molar-refractivity contribution in [1.29, 1.82) is 0 Å². The highest BCUT2D eigenvalue weighted by atomic mass is 35.5. The molecular formula is C33H28Cl2N4O4. The number of nitrogens with one attached hydrogen (secondary N) is 1. The highest BCUT2D eigenvalue weighted by molar-refractivity contribution is 6.31. The lowest BCUT2D eigenvalue weighted by molar-refractivity contribution is -0.117. The van der Waals surface area contributed by atoms with E-state index in [0.717, 1.165) is 11.1 Å². The van der Waals surface area contributed by atoms with Gasteiger partial charge in [-0.25, -0.2) is 4.98 Å². The molecule has 0 fully saturated rings. The number of aromatic nitrogens is 2. The lowest BCUT2D eigenvalue weighted by Gasteiger charge is -2.22. The predicted molar refractivity (Wildman–Crippen MR) is 168 cm³/mol. The first-order valence-corrected chi connectivity index (χ1v) is 14.1. The number of imidazole rings is 1. The van der Waals surface area contributed by atoms with Crippen LogP contribution < -0.4 is 14.8 Å². The lowest BCUT2D eigenvalue weighted by Crippen LogP contribution is -2.38. The molecule has 0 saturated carbocycles. The lowest BCUT2D eigenvalue weighted by atomic mass is 10.1. The standard InChI is InChI=1S/C33H28Cl2N4O4/c1-42-29-17-16-27(18-30(29)43-2)39-20-28(23-8-12-25(34)13-9-23)36-33(39)37-31(40)21-38(19-22-6-4-3-5-7-22)32(41)24-10-14-26(35)15-11-24/h3-18,20H,19,21H2,1-2H3,(H,36,37,40). The van der Waals surface area contributed by atoms with Crippen LogP contribution in [0.25, 0.3) is 16.9 Å². The van der Waals surface area contributed by atoms with Crippen LogP contribution in [0.5, 0.6) is 11.5 Å². The van der Waals surface area contributed by atoms with Crippen molar-refractivity contribution in [3.05, 3.63) is 124 Å². The van der Waals surface area contributed by atoms with E-state index in [1.54, 1.807) is 73.5 Å². The van der Waals surface area contributed by atoms with Gasteiger partial charge in [0.15, 0.2) is 11.5 Å². The fourth-order valence-electron chi connectivity index (χ4n) is 4.52. The number of carbonyl (C=O) groups is 2. The molecule has 2 amide bonds. The van der Waals surface area contributed by atoms with Crippen molar-refractivity contribution in [2.75, 3.05) is 26.1 Å². The van der Waals surface area contributed by atoms with Crippen LogP contribution in [0.4, 0.5) is 5.95 Å². The summed E-state index contributed by atoms with van der Waals surface area (Å²) in [7, 11) is 3.11. The van der Waals surface area contributed by atoms with Gasteiger partial charge in [0.05, 0.1) is 25.6 Å². The molecule has 1 aromatic heterocycles. The van der Waals surface area contributed by atoms with Crippen LogP contribution in [0.1, 0.15) is 15.9 Å². The van der Waals surface area contributed by atoms with E-state index < -0.39 is 5.91 Å². The fraction of sp³-hybridized carbons (Fsp3) is 0.121. The zero-order valence-electron chi connectivity index (χ0n) is 23.5.